The summed E-state index contributed by atoms with van der Waals surface area (Å²) in [5, 5.41) is 3.54. The van der Waals surface area contributed by atoms with Crippen molar-refractivity contribution in [2.24, 2.45) is 0 Å². The number of aryl methyl sites for hydroxylation is 2. The SMILES string of the molecule is CC(C)N1CCNc2cc3c(cc21)CCC3. The molecule has 16 heavy (non-hydrogen) atoms. The Labute approximate surface area is 97.6 Å². The third-order valence-corrected chi connectivity index (χ3v) is 3.81. The predicted octanol–water partition coefficient (Wildman–Crippen LogP) is 2.82. The maximum atomic E-state index is 3.54. The maximum absolute atomic E-state index is 3.54. The fraction of sp³-hybridized carbons (Fsp3) is 0.571. The zero-order chi connectivity index (χ0) is 11.1. The highest BCUT2D eigenvalue weighted by atomic mass is 15.2. The fourth-order valence-electron chi connectivity index (χ4n) is 2.96. The average molecular weight is 216 g/mol. The van der Waals surface area contributed by atoms with Crippen molar-refractivity contribution in [3.63, 3.8) is 0 Å². The second-order valence-corrected chi connectivity index (χ2v) is 5.21. The number of nitrogens with zero attached hydrogens (tertiary/aromatic N) is 1. The van der Waals surface area contributed by atoms with Crippen LogP contribution in [0.25, 0.3) is 0 Å². The minimum Gasteiger partial charge on any atom is -0.382 e. The van der Waals surface area contributed by atoms with Crippen LogP contribution in [0.5, 0.6) is 0 Å². The van der Waals surface area contributed by atoms with Crippen LogP contribution in [0, 0.1) is 0 Å². The number of hydrogen-bond acceptors (Lipinski definition) is 2. The van der Waals surface area contributed by atoms with E-state index in [9.17, 15) is 0 Å². The highest BCUT2D eigenvalue weighted by Crippen LogP contribution is 2.36. The molecule has 0 atom stereocenters. The Kier molecular flexibility index (Phi) is 2.31. The molecule has 0 fully saturated rings. The monoisotopic (exact) mass is 216 g/mol. The summed E-state index contributed by atoms with van der Waals surface area (Å²) in [5.74, 6) is 0. The van der Waals surface area contributed by atoms with E-state index in [4.69, 9.17) is 0 Å². The van der Waals surface area contributed by atoms with Gasteiger partial charge in [-0.05, 0) is 56.4 Å². The minimum atomic E-state index is 0.598. The van der Waals surface area contributed by atoms with Crippen LogP contribution in [0.1, 0.15) is 31.4 Å². The van der Waals surface area contributed by atoms with Crippen LogP contribution in [0.15, 0.2) is 12.1 Å². The average Bonchev–Trinajstić information content (AvgIpc) is 2.71. The van der Waals surface area contributed by atoms with E-state index in [0.717, 1.165) is 13.1 Å². The van der Waals surface area contributed by atoms with E-state index in [2.05, 4.69) is 36.2 Å². The molecule has 0 saturated carbocycles. The summed E-state index contributed by atoms with van der Waals surface area (Å²) in [6.45, 7) is 6.76. The van der Waals surface area contributed by atoms with Crippen LogP contribution in [-0.4, -0.2) is 19.1 Å². The standard InChI is InChI=1S/C14H20N2/c1-10(2)16-7-6-15-13-8-11-4-3-5-12(11)9-14(13)16/h8-10,15H,3-7H2,1-2H3. The van der Waals surface area contributed by atoms with Gasteiger partial charge >= 0.3 is 0 Å². The number of nitrogens with one attached hydrogen (secondary N) is 1. The molecule has 2 aliphatic rings. The quantitative estimate of drug-likeness (QED) is 0.776. The highest BCUT2D eigenvalue weighted by molar-refractivity contribution is 5.75. The largest absolute Gasteiger partial charge is 0.382 e. The summed E-state index contributed by atoms with van der Waals surface area (Å²) in [4.78, 5) is 2.52. The Hall–Kier alpha value is -1.18. The molecule has 0 saturated heterocycles. The van der Waals surface area contributed by atoms with E-state index in [1.54, 1.807) is 11.1 Å². The molecule has 1 heterocycles. The summed E-state index contributed by atoms with van der Waals surface area (Å²) in [7, 11) is 0. The molecule has 1 aliphatic carbocycles. The summed E-state index contributed by atoms with van der Waals surface area (Å²) in [5.41, 5.74) is 5.91. The first-order valence-corrected chi connectivity index (χ1v) is 6.42. The molecule has 1 aromatic rings. The fourth-order valence-corrected chi connectivity index (χ4v) is 2.96. The van der Waals surface area contributed by atoms with Crippen molar-refractivity contribution in [1.29, 1.82) is 0 Å². The zero-order valence-electron chi connectivity index (χ0n) is 10.2. The topological polar surface area (TPSA) is 15.3 Å². The van der Waals surface area contributed by atoms with E-state index in [0.29, 0.717) is 6.04 Å². The normalized spacial score (nSPS) is 18.3. The van der Waals surface area contributed by atoms with Crippen LogP contribution < -0.4 is 10.2 Å². The Morgan fingerprint density at radius 2 is 1.94 bits per heavy atom. The van der Waals surface area contributed by atoms with Gasteiger partial charge in [0.1, 0.15) is 0 Å². The summed E-state index contributed by atoms with van der Waals surface area (Å²) < 4.78 is 0. The molecule has 0 spiro atoms. The molecule has 0 aromatic heterocycles. The summed E-state index contributed by atoms with van der Waals surface area (Å²) in [6, 6.07) is 5.40. The molecule has 2 heteroatoms. The lowest BCUT2D eigenvalue weighted by Crippen LogP contribution is -2.39. The first-order valence-electron chi connectivity index (χ1n) is 6.42. The van der Waals surface area contributed by atoms with Gasteiger partial charge in [-0.3, -0.25) is 0 Å². The molecule has 0 radical (unpaired) electrons. The van der Waals surface area contributed by atoms with Gasteiger partial charge in [-0.15, -0.1) is 0 Å². The Morgan fingerprint density at radius 3 is 2.69 bits per heavy atom. The van der Waals surface area contributed by atoms with E-state index < -0.39 is 0 Å². The van der Waals surface area contributed by atoms with Gasteiger partial charge in [0.15, 0.2) is 0 Å². The van der Waals surface area contributed by atoms with Gasteiger partial charge in [0.25, 0.3) is 0 Å². The van der Waals surface area contributed by atoms with E-state index in [1.807, 2.05) is 0 Å². The van der Waals surface area contributed by atoms with Crippen LogP contribution >= 0.6 is 0 Å². The van der Waals surface area contributed by atoms with Crippen molar-refractivity contribution in [2.45, 2.75) is 39.2 Å². The third-order valence-electron chi connectivity index (χ3n) is 3.81. The molecular formula is C14H20N2. The number of anilines is 2. The maximum Gasteiger partial charge on any atom is 0.0607 e. The summed E-state index contributed by atoms with van der Waals surface area (Å²) in [6.07, 6.45) is 3.88. The zero-order valence-corrected chi connectivity index (χ0v) is 10.2. The van der Waals surface area contributed by atoms with Crippen LogP contribution in [0.2, 0.25) is 0 Å². The number of hydrogen-bond donors (Lipinski definition) is 1. The van der Waals surface area contributed by atoms with Gasteiger partial charge in [0, 0.05) is 19.1 Å². The molecular weight excluding hydrogens is 196 g/mol. The predicted molar refractivity (Wildman–Crippen MR) is 69.4 cm³/mol. The first-order chi connectivity index (χ1) is 7.75. The van der Waals surface area contributed by atoms with Crippen molar-refractivity contribution in [2.75, 3.05) is 23.3 Å². The van der Waals surface area contributed by atoms with Crippen molar-refractivity contribution >= 4 is 11.4 Å². The van der Waals surface area contributed by atoms with Gasteiger partial charge in [-0.25, -0.2) is 0 Å². The van der Waals surface area contributed by atoms with E-state index >= 15 is 0 Å². The molecule has 0 unspecified atom stereocenters. The van der Waals surface area contributed by atoms with Gasteiger partial charge in [-0.1, -0.05) is 0 Å². The molecule has 0 bridgehead atoms. The molecule has 3 rings (SSSR count). The van der Waals surface area contributed by atoms with E-state index in [-0.39, 0.29) is 0 Å². The van der Waals surface area contributed by atoms with Crippen molar-refractivity contribution in [1.82, 2.24) is 0 Å². The van der Waals surface area contributed by atoms with Crippen LogP contribution in [-0.2, 0) is 12.8 Å². The minimum absolute atomic E-state index is 0.598. The molecule has 1 aromatic carbocycles. The molecule has 1 aliphatic heterocycles. The summed E-state index contributed by atoms with van der Waals surface area (Å²) >= 11 is 0. The van der Waals surface area contributed by atoms with Gasteiger partial charge in [0.2, 0.25) is 0 Å². The second-order valence-electron chi connectivity index (χ2n) is 5.21. The Morgan fingerprint density at radius 1 is 1.19 bits per heavy atom. The smallest absolute Gasteiger partial charge is 0.0607 e. The first kappa shape index (κ1) is 10.0. The third kappa shape index (κ3) is 1.48. The van der Waals surface area contributed by atoms with Gasteiger partial charge in [-0.2, -0.15) is 0 Å². The lowest BCUT2D eigenvalue weighted by Gasteiger charge is -2.35. The second kappa shape index (κ2) is 3.69. The number of fused-ring (bicyclic) bond motifs is 2. The number of rotatable bonds is 1. The van der Waals surface area contributed by atoms with Gasteiger partial charge in [0.05, 0.1) is 11.4 Å². The van der Waals surface area contributed by atoms with Crippen molar-refractivity contribution < 1.29 is 0 Å². The van der Waals surface area contributed by atoms with Crippen LogP contribution in [0.3, 0.4) is 0 Å². The van der Waals surface area contributed by atoms with Gasteiger partial charge < -0.3 is 10.2 Å². The lowest BCUT2D eigenvalue weighted by molar-refractivity contribution is 0.680. The molecule has 2 nitrogen and oxygen atoms in total. The Bertz CT molecular complexity index is 409. The number of benzene rings is 1. The van der Waals surface area contributed by atoms with Crippen molar-refractivity contribution in [3.05, 3.63) is 23.3 Å². The lowest BCUT2D eigenvalue weighted by atomic mass is 10.0. The highest BCUT2D eigenvalue weighted by Gasteiger charge is 2.22. The van der Waals surface area contributed by atoms with Crippen LogP contribution in [0.4, 0.5) is 11.4 Å². The molecule has 1 N–H and O–H groups in total. The van der Waals surface area contributed by atoms with Crippen molar-refractivity contribution in [3.8, 4) is 0 Å². The molecule has 0 amide bonds. The van der Waals surface area contributed by atoms with E-state index in [1.165, 1.54) is 30.6 Å². The molecule has 86 valence electrons. The Balaban J connectivity index is 2.06.